The number of hydrogen-bond acceptors (Lipinski definition) is 5. The van der Waals surface area contributed by atoms with Crippen LogP contribution in [0.15, 0.2) is 9.59 Å². The Morgan fingerprint density at radius 3 is 2.50 bits per heavy atom. The third kappa shape index (κ3) is 2.53. The van der Waals surface area contributed by atoms with Crippen molar-refractivity contribution in [3.8, 4) is 0 Å². The molecule has 0 atom stereocenters. The molecule has 3 aromatic heterocycles. The lowest BCUT2D eigenvalue weighted by atomic mass is 10.3. The van der Waals surface area contributed by atoms with Gasteiger partial charge in [-0.2, -0.15) is 4.98 Å². The van der Waals surface area contributed by atoms with E-state index in [9.17, 15) is 14.4 Å². The third-order valence-corrected chi connectivity index (χ3v) is 4.65. The average Bonchev–Trinajstić information content (AvgIpc) is 3.08. The molecule has 0 aromatic carbocycles. The van der Waals surface area contributed by atoms with Crippen LogP contribution in [0.25, 0.3) is 16.9 Å². The van der Waals surface area contributed by atoms with Gasteiger partial charge in [-0.05, 0) is 20.3 Å². The molecule has 140 valence electrons. The summed E-state index contributed by atoms with van der Waals surface area (Å²) in [5, 5.41) is 9.02. The van der Waals surface area contributed by atoms with Crippen molar-refractivity contribution < 1.29 is 14.6 Å². The van der Waals surface area contributed by atoms with Crippen LogP contribution in [0.3, 0.4) is 0 Å². The molecule has 0 saturated heterocycles. The fourth-order valence-electron chi connectivity index (χ4n) is 3.22. The smallest absolute Gasteiger partial charge is 0.333 e. The number of carbonyl (C=O) groups is 1. The minimum Gasteiger partial charge on any atom is -0.480 e. The monoisotopic (exact) mass is 363 g/mol. The zero-order chi connectivity index (χ0) is 19.2. The summed E-state index contributed by atoms with van der Waals surface area (Å²) >= 11 is 0. The van der Waals surface area contributed by atoms with Crippen molar-refractivity contribution in [1.82, 2.24) is 23.1 Å². The van der Waals surface area contributed by atoms with Crippen LogP contribution in [-0.4, -0.2) is 47.9 Å². The maximum absolute atomic E-state index is 12.8. The topological polar surface area (TPSA) is 113 Å². The van der Waals surface area contributed by atoms with Crippen molar-refractivity contribution >= 4 is 22.9 Å². The van der Waals surface area contributed by atoms with Gasteiger partial charge in [-0.15, -0.1) is 0 Å². The van der Waals surface area contributed by atoms with Crippen LogP contribution in [0, 0.1) is 13.8 Å². The van der Waals surface area contributed by atoms with E-state index in [4.69, 9.17) is 9.84 Å². The van der Waals surface area contributed by atoms with Crippen molar-refractivity contribution in [3.63, 3.8) is 0 Å². The van der Waals surface area contributed by atoms with E-state index in [0.717, 1.165) is 22.4 Å². The lowest BCUT2D eigenvalue weighted by Crippen LogP contribution is -2.41. The summed E-state index contributed by atoms with van der Waals surface area (Å²) in [6.07, 6.45) is 0.770. The Morgan fingerprint density at radius 2 is 1.88 bits per heavy atom. The SMILES string of the molecule is COCCCn1c(C)c(C)n2c3c(=O)n(CC(=O)O)c(=O)n(C)c3nc12. The highest BCUT2D eigenvalue weighted by molar-refractivity contribution is 5.77. The summed E-state index contributed by atoms with van der Waals surface area (Å²) in [5.74, 6) is -0.708. The third-order valence-electron chi connectivity index (χ3n) is 4.65. The van der Waals surface area contributed by atoms with E-state index in [1.54, 1.807) is 11.5 Å². The van der Waals surface area contributed by atoms with E-state index < -0.39 is 23.8 Å². The number of ether oxygens (including phenoxy) is 1. The highest BCUT2D eigenvalue weighted by atomic mass is 16.5. The molecule has 10 heteroatoms. The molecule has 3 aromatic rings. The summed E-state index contributed by atoms with van der Waals surface area (Å²) in [6, 6.07) is 0. The van der Waals surface area contributed by atoms with Gasteiger partial charge in [0.05, 0.1) is 0 Å². The van der Waals surface area contributed by atoms with Crippen molar-refractivity contribution in [1.29, 1.82) is 0 Å². The number of aryl methyl sites for hydroxylation is 3. The van der Waals surface area contributed by atoms with E-state index in [1.807, 2.05) is 18.4 Å². The zero-order valence-electron chi connectivity index (χ0n) is 15.1. The van der Waals surface area contributed by atoms with Crippen molar-refractivity contribution in [3.05, 3.63) is 32.2 Å². The van der Waals surface area contributed by atoms with Gasteiger partial charge in [-0.25, -0.2) is 9.36 Å². The zero-order valence-corrected chi connectivity index (χ0v) is 15.1. The van der Waals surface area contributed by atoms with Crippen LogP contribution < -0.4 is 11.2 Å². The Kier molecular flexibility index (Phi) is 4.45. The van der Waals surface area contributed by atoms with Crippen molar-refractivity contribution in [2.45, 2.75) is 33.4 Å². The first kappa shape index (κ1) is 17.9. The number of fused-ring (bicyclic) bond motifs is 3. The Bertz CT molecular complexity index is 1130. The molecule has 1 N–H and O–H groups in total. The van der Waals surface area contributed by atoms with Crippen molar-refractivity contribution in [2.24, 2.45) is 7.05 Å². The van der Waals surface area contributed by atoms with E-state index in [-0.39, 0.29) is 11.2 Å². The fraction of sp³-hybridized carbons (Fsp3) is 0.500. The Hall–Kier alpha value is -2.88. The van der Waals surface area contributed by atoms with Gasteiger partial charge in [0.2, 0.25) is 5.78 Å². The summed E-state index contributed by atoms with van der Waals surface area (Å²) in [6.45, 7) is 4.34. The van der Waals surface area contributed by atoms with E-state index in [0.29, 0.717) is 18.9 Å². The molecule has 0 radical (unpaired) electrons. The van der Waals surface area contributed by atoms with Gasteiger partial charge < -0.3 is 14.4 Å². The quantitative estimate of drug-likeness (QED) is 0.611. The van der Waals surface area contributed by atoms with Crippen LogP contribution in [0.5, 0.6) is 0 Å². The molecule has 0 aliphatic carbocycles. The molecule has 10 nitrogen and oxygen atoms in total. The first-order valence-electron chi connectivity index (χ1n) is 8.18. The molecule has 0 aliphatic heterocycles. The molecule has 0 spiro atoms. The number of carboxylic acid groups (broad SMARTS) is 1. The minimum atomic E-state index is -1.26. The van der Waals surface area contributed by atoms with Gasteiger partial charge in [0.15, 0.2) is 11.2 Å². The Balaban J connectivity index is 2.37. The first-order valence-corrected chi connectivity index (χ1v) is 8.18. The van der Waals surface area contributed by atoms with Crippen molar-refractivity contribution in [2.75, 3.05) is 13.7 Å². The number of imidazole rings is 2. The molecular formula is C16H21N5O5. The van der Waals surface area contributed by atoms with Crippen LogP contribution in [-0.2, 0) is 29.7 Å². The summed E-state index contributed by atoms with van der Waals surface area (Å²) in [4.78, 5) is 40.8. The highest BCUT2D eigenvalue weighted by Gasteiger charge is 2.23. The summed E-state index contributed by atoms with van der Waals surface area (Å²) in [7, 11) is 3.11. The van der Waals surface area contributed by atoms with E-state index in [2.05, 4.69) is 4.98 Å². The van der Waals surface area contributed by atoms with Gasteiger partial charge in [-0.1, -0.05) is 0 Å². The van der Waals surface area contributed by atoms with Gasteiger partial charge in [0, 0.05) is 38.7 Å². The van der Waals surface area contributed by atoms with E-state index >= 15 is 0 Å². The predicted molar refractivity (Wildman–Crippen MR) is 93.8 cm³/mol. The predicted octanol–water partition coefficient (Wildman–Crippen LogP) is -0.113. The molecule has 26 heavy (non-hydrogen) atoms. The second-order valence-corrected chi connectivity index (χ2v) is 6.21. The lowest BCUT2D eigenvalue weighted by Gasteiger charge is -2.07. The highest BCUT2D eigenvalue weighted by Crippen LogP contribution is 2.20. The maximum atomic E-state index is 12.8. The second-order valence-electron chi connectivity index (χ2n) is 6.21. The average molecular weight is 363 g/mol. The fourth-order valence-corrected chi connectivity index (χ4v) is 3.22. The standard InChI is InChI=1S/C16H21N5O5/c1-9-10(2)21-12-13(17-15(21)19(9)6-5-7-26-4)18(3)16(25)20(14(12)24)8-11(22)23/h5-8H2,1-4H3,(H,22,23). The largest absolute Gasteiger partial charge is 0.480 e. The number of nitrogens with zero attached hydrogens (tertiary/aromatic N) is 5. The molecule has 0 fully saturated rings. The molecule has 0 saturated carbocycles. The van der Waals surface area contributed by atoms with Gasteiger partial charge >= 0.3 is 11.7 Å². The molecule has 0 aliphatic rings. The minimum absolute atomic E-state index is 0.203. The van der Waals surface area contributed by atoms with Gasteiger partial charge in [0.25, 0.3) is 5.56 Å². The molecule has 3 heterocycles. The number of methoxy groups -OCH3 is 1. The van der Waals surface area contributed by atoms with Crippen LogP contribution >= 0.6 is 0 Å². The summed E-state index contributed by atoms with van der Waals surface area (Å²) in [5.41, 5.74) is 0.844. The number of aromatic nitrogens is 5. The van der Waals surface area contributed by atoms with Crippen LogP contribution in [0.4, 0.5) is 0 Å². The first-order chi connectivity index (χ1) is 12.3. The van der Waals surface area contributed by atoms with Crippen LogP contribution in [0.2, 0.25) is 0 Å². The Morgan fingerprint density at radius 1 is 1.19 bits per heavy atom. The number of aliphatic carboxylic acids is 1. The van der Waals surface area contributed by atoms with Crippen LogP contribution in [0.1, 0.15) is 17.8 Å². The number of carboxylic acids is 1. The second kappa shape index (κ2) is 6.45. The Labute approximate surface area is 147 Å². The molecule has 3 rings (SSSR count). The molecule has 0 amide bonds. The number of rotatable bonds is 6. The number of hydrogen-bond donors (Lipinski definition) is 1. The summed E-state index contributed by atoms with van der Waals surface area (Å²) < 4.78 is 10.7. The van der Waals surface area contributed by atoms with Gasteiger partial charge in [-0.3, -0.25) is 18.6 Å². The molecular weight excluding hydrogens is 342 g/mol. The normalized spacial score (nSPS) is 11.7. The molecule has 0 bridgehead atoms. The maximum Gasteiger partial charge on any atom is 0.333 e. The lowest BCUT2D eigenvalue weighted by molar-refractivity contribution is -0.137. The van der Waals surface area contributed by atoms with E-state index in [1.165, 1.54) is 11.6 Å². The van der Waals surface area contributed by atoms with Gasteiger partial charge in [0.1, 0.15) is 6.54 Å². The molecule has 0 unspecified atom stereocenters.